The highest BCUT2D eigenvalue weighted by Gasteiger charge is 2.16. The van der Waals surface area contributed by atoms with Crippen LogP contribution >= 0.6 is 15.9 Å². The number of nitrogens with zero attached hydrogens (tertiary/aromatic N) is 3. The first-order chi connectivity index (χ1) is 8.72. The van der Waals surface area contributed by atoms with Crippen molar-refractivity contribution >= 4 is 15.9 Å². The molecule has 1 unspecified atom stereocenters. The summed E-state index contributed by atoms with van der Waals surface area (Å²) >= 11 is 3.43. The van der Waals surface area contributed by atoms with Crippen molar-refractivity contribution in [3.63, 3.8) is 0 Å². The minimum Gasteiger partial charge on any atom is -0.387 e. The van der Waals surface area contributed by atoms with Gasteiger partial charge >= 0.3 is 0 Å². The van der Waals surface area contributed by atoms with Gasteiger partial charge in [0.05, 0.1) is 22.5 Å². The Morgan fingerprint density at radius 3 is 2.78 bits per heavy atom. The van der Waals surface area contributed by atoms with Crippen molar-refractivity contribution in [2.75, 3.05) is 0 Å². The Morgan fingerprint density at radius 1 is 1.39 bits per heavy atom. The number of aromatic nitrogens is 3. The van der Waals surface area contributed by atoms with Crippen molar-refractivity contribution in [1.29, 1.82) is 0 Å². The molecule has 2 aromatic heterocycles. The Kier molecular flexibility index (Phi) is 4.49. The number of rotatable bonds is 5. The maximum Gasteiger partial charge on any atom is 0.0971 e. The van der Waals surface area contributed by atoms with E-state index in [-0.39, 0.29) is 0 Å². The number of hydrogen-bond donors (Lipinski definition) is 1. The summed E-state index contributed by atoms with van der Waals surface area (Å²) in [4.78, 5) is 3.98. The molecular weight excluding hydrogens is 294 g/mol. The SMILES string of the molecule is CCn1ncc(Br)c1C(O)CCc1ccncc1. The molecule has 0 aliphatic carbocycles. The molecule has 96 valence electrons. The van der Waals surface area contributed by atoms with Crippen LogP contribution in [-0.4, -0.2) is 19.9 Å². The number of halogens is 1. The largest absolute Gasteiger partial charge is 0.387 e. The highest BCUT2D eigenvalue weighted by Crippen LogP contribution is 2.26. The van der Waals surface area contributed by atoms with E-state index in [2.05, 4.69) is 26.0 Å². The maximum absolute atomic E-state index is 10.3. The second-order valence-corrected chi connectivity index (χ2v) is 4.96. The molecule has 2 rings (SSSR count). The second-order valence-electron chi connectivity index (χ2n) is 4.10. The van der Waals surface area contributed by atoms with Crippen LogP contribution in [-0.2, 0) is 13.0 Å². The molecule has 5 heteroatoms. The maximum atomic E-state index is 10.3. The molecule has 0 saturated carbocycles. The quantitative estimate of drug-likeness (QED) is 0.924. The van der Waals surface area contributed by atoms with Gasteiger partial charge < -0.3 is 5.11 Å². The lowest BCUT2D eigenvalue weighted by Gasteiger charge is -2.13. The summed E-state index contributed by atoms with van der Waals surface area (Å²) in [5.41, 5.74) is 2.04. The molecule has 2 heterocycles. The predicted octanol–water partition coefficient (Wildman–Crippen LogP) is 2.73. The Bertz CT molecular complexity index is 498. The van der Waals surface area contributed by atoms with Gasteiger partial charge in [0.2, 0.25) is 0 Å². The Balaban J connectivity index is 2.03. The number of hydrogen-bond acceptors (Lipinski definition) is 3. The van der Waals surface area contributed by atoms with Crippen LogP contribution < -0.4 is 0 Å². The van der Waals surface area contributed by atoms with Gasteiger partial charge in [-0.05, 0) is 53.4 Å². The zero-order valence-corrected chi connectivity index (χ0v) is 11.8. The van der Waals surface area contributed by atoms with Crippen LogP contribution in [0.4, 0.5) is 0 Å². The van der Waals surface area contributed by atoms with Crippen molar-refractivity contribution < 1.29 is 5.11 Å². The average Bonchev–Trinajstić information content (AvgIpc) is 2.78. The second kappa shape index (κ2) is 6.11. The predicted molar refractivity (Wildman–Crippen MR) is 73.1 cm³/mol. The number of aryl methyl sites for hydroxylation is 2. The van der Waals surface area contributed by atoms with Crippen molar-refractivity contribution in [2.24, 2.45) is 0 Å². The van der Waals surface area contributed by atoms with E-state index in [0.29, 0.717) is 6.42 Å². The fourth-order valence-corrected chi connectivity index (χ4v) is 2.51. The molecule has 18 heavy (non-hydrogen) atoms. The van der Waals surface area contributed by atoms with Gasteiger partial charge in [-0.1, -0.05) is 0 Å². The van der Waals surface area contributed by atoms with E-state index in [1.165, 1.54) is 5.56 Å². The molecular formula is C13H16BrN3O. The third kappa shape index (κ3) is 2.97. The zero-order chi connectivity index (χ0) is 13.0. The molecule has 0 aliphatic rings. The highest BCUT2D eigenvalue weighted by molar-refractivity contribution is 9.10. The molecule has 0 radical (unpaired) electrons. The molecule has 0 spiro atoms. The van der Waals surface area contributed by atoms with Crippen LogP contribution in [0.2, 0.25) is 0 Å². The molecule has 1 atom stereocenters. The highest BCUT2D eigenvalue weighted by atomic mass is 79.9. The molecule has 0 fully saturated rings. The number of aliphatic hydroxyl groups is 1. The Labute approximate surface area is 115 Å². The third-order valence-electron chi connectivity index (χ3n) is 2.90. The van der Waals surface area contributed by atoms with Gasteiger partial charge in [0.25, 0.3) is 0 Å². The van der Waals surface area contributed by atoms with E-state index >= 15 is 0 Å². The summed E-state index contributed by atoms with van der Waals surface area (Å²) in [5.74, 6) is 0. The Morgan fingerprint density at radius 2 is 2.11 bits per heavy atom. The van der Waals surface area contributed by atoms with Gasteiger partial charge in [-0.3, -0.25) is 9.67 Å². The number of aliphatic hydroxyl groups excluding tert-OH is 1. The first-order valence-electron chi connectivity index (χ1n) is 6.00. The lowest BCUT2D eigenvalue weighted by atomic mass is 10.1. The fourth-order valence-electron chi connectivity index (χ4n) is 1.94. The van der Waals surface area contributed by atoms with Crippen LogP contribution in [0.3, 0.4) is 0 Å². The van der Waals surface area contributed by atoms with Crippen molar-refractivity contribution in [1.82, 2.24) is 14.8 Å². The third-order valence-corrected chi connectivity index (χ3v) is 3.52. The van der Waals surface area contributed by atoms with Crippen LogP contribution in [0.1, 0.15) is 30.7 Å². The average molecular weight is 310 g/mol. The van der Waals surface area contributed by atoms with Crippen molar-refractivity contribution in [3.8, 4) is 0 Å². The molecule has 0 bridgehead atoms. The summed E-state index contributed by atoms with van der Waals surface area (Å²) in [6.07, 6.45) is 6.27. The van der Waals surface area contributed by atoms with E-state index in [1.54, 1.807) is 18.6 Å². The first kappa shape index (κ1) is 13.2. The summed E-state index contributed by atoms with van der Waals surface area (Å²) in [6, 6.07) is 3.94. The van der Waals surface area contributed by atoms with Gasteiger partial charge in [-0.25, -0.2) is 0 Å². The van der Waals surface area contributed by atoms with Crippen molar-refractivity contribution in [2.45, 2.75) is 32.4 Å². The van der Waals surface area contributed by atoms with Crippen LogP contribution in [0.5, 0.6) is 0 Å². The minimum atomic E-state index is -0.505. The number of pyridine rings is 1. The summed E-state index contributed by atoms with van der Waals surface area (Å²) in [6.45, 7) is 2.77. The molecule has 0 aromatic carbocycles. The lowest BCUT2D eigenvalue weighted by molar-refractivity contribution is 0.156. The fraction of sp³-hybridized carbons (Fsp3) is 0.385. The van der Waals surface area contributed by atoms with Crippen LogP contribution in [0.15, 0.2) is 35.2 Å². The summed E-state index contributed by atoms with van der Waals surface area (Å²) in [5, 5.41) is 14.5. The molecule has 1 N–H and O–H groups in total. The summed E-state index contributed by atoms with van der Waals surface area (Å²) < 4.78 is 2.69. The van der Waals surface area contributed by atoms with Crippen molar-refractivity contribution in [3.05, 3.63) is 46.5 Å². The van der Waals surface area contributed by atoms with E-state index in [4.69, 9.17) is 0 Å². The molecule has 0 aliphatic heterocycles. The monoisotopic (exact) mass is 309 g/mol. The normalized spacial score (nSPS) is 12.6. The molecule has 0 saturated heterocycles. The summed E-state index contributed by atoms with van der Waals surface area (Å²) in [7, 11) is 0. The standard InChI is InChI=1S/C13H16BrN3O/c1-2-17-13(11(14)9-16-17)12(18)4-3-10-5-7-15-8-6-10/h5-9,12,18H,2-4H2,1H3. The van der Waals surface area contributed by atoms with E-state index in [9.17, 15) is 5.11 Å². The van der Waals surface area contributed by atoms with Gasteiger partial charge in [0.15, 0.2) is 0 Å². The van der Waals surface area contributed by atoms with E-state index in [0.717, 1.165) is 23.1 Å². The molecule has 0 amide bonds. The van der Waals surface area contributed by atoms with E-state index in [1.807, 2.05) is 23.7 Å². The van der Waals surface area contributed by atoms with Gasteiger partial charge in [0.1, 0.15) is 0 Å². The van der Waals surface area contributed by atoms with Gasteiger partial charge in [-0.2, -0.15) is 5.10 Å². The van der Waals surface area contributed by atoms with Crippen LogP contribution in [0.25, 0.3) is 0 Å². The molecule has 2 aromatic rings. The topological polar surface area (TPSA) is 50.9 Å². The van der Waals surface area contributed by atoms with Gasteiger partial charge in [0, 0.05) is 18.9 Å². The van der Waals surface area contributed by atoms with Gasteiger partial charge in [-0.15, -0.1) is 0 Å². The van der Waals surface area contributed by atoms with Crippen LogP contribution in [0, 0.1) is 0 Å². The Hall–Kier alpha value is -1.20. The van der Waals surface area contributed by atoms with E-state index < -0.39 is 6.10 Å². The smallest absolute Gasteiger partial charge is 0.0971 e. The zero-order valence-electron chi connectivity index (χ0n) is 10.3. The lowest BCUT2D eigenvalue weighted by Crippen LogP contribution is -2.09. The first-order valence-corrected chi connectivity index (χ1v) is 6.79. The molecule has 4 nitrogen and oxygen atoms in total. The minimum absolute atomic E-state index is 0.505.